The summed E-state index contributed by atoms with van der Waals surface area (Å²) in [5.74, 6) is -0.735. The lowest BCUT2D eigenvalue weighted by molar-refractivity contribution is -0.114. The molecule has 0 bridgehead atoms. The largest absolute Gasteiger partial charge is 0.481 e. The average molecular weight is 462 g/mol. The number of hydrogen-bond acceptors (Lipinski definition) is 5. The Morgan fingerprint density at radius 3 is 2.61 bits per heavy atom. The maximum atomic E-state index is 13.2. The van der Waals surface area contributed by atoms with Crippen molar-refractivity contribution < 1.29 is 19.1 Å². The van der Waals surface area contributed by atoms with Gasteiger partial charge in [0.05, 0.1) is 18.4 Å². The zero-order chi connectivity index (χ0) is 23.5. The van der Waals surface area contributed by atoms with Crippen molar-refractivity contribution in [1.82, 2.24) is 10.3 Å². The molecule has 0 fully saturated rings. The number of rotatable bonds is 5. The van der Waals surface area contributed by atoms with Crippen molar-refractivity contribution in [3.8, 4) is 5.88 Å². The van der Waals surface area contributed by atoms with Gasteiger partial charge >= 0.3 is 0 Å². The molecule has 0 radical (unpaired) electrons. The molecule has 0 aliphatic carbocycles. The van der Waals surface area contributed by atoms with Gasteiger partial charge in [-0.25, -0.2) is 4.98 Å². The quantitative estimate of drug-likeness (QED) is 0.459. The number of carbonyl (C=O) groups excluding carboxylic acids is 3. The Bertz CT molecular complexity index is 1290. The zero-order valence-electron chi connectivity index (χ0n) is 18.0. The van der Waals surface area contributed by atoms with E-state index in [4.69, 9.17) is 16.3 Å². The van der Waals surface area contributed by atoms with E-state index in [0.29, 0.717) is 27.7 Å². The number of anilines is 1. The molecule has 1 N–H and O–H groups in total. The number of Topliss-reactive ketones (excluding diaryl/α,β-unsaturated/α-hetero) is 1. The monoisotopic (exact) mass is 461 g/mol. The number of fused-ring (bicyclic) bond motifs is 1. The Morgan fingerprint density at radius 2 is 1.88 bits per heavy atom. The number of halogens is 1. The van der Waals surface area contributed by atoms with Crippen molar-refractivity contribution in [2.24, 2.45) is 0 Å². The van der Waals surface area contributed by atoms with E-state index >= 15 is 0 Å². The van der Waals surface area contributed by atoms with Crippen LogP contribution in [0, 0.1) is 0 Å². The molecule has 4 rings (SSSR count). The van der Waals surface area contributed by atoms with Gasteiger partial charge in [-0.15, -0.1) is 0 Å². The Morgan fingerprint density at radius 1 is 1.12 bits per heavy atom. The molecule has 0 saturated heterocycles. The summed E-state index contributed by atoms with van der Waals surface area (Å²) in [7, 11) is 3.12. The van der Waals surface area contributed by atoms with E-state index in [1.807, 2.05) is 0 Å². The van der Waals surface area contributed by atoms with E-state index in [0.717, 1.165) is 5.56 Å². The lowest BCUT2D eigenvalue weighted by Crippen LogP contribution is -2.37. The SMILES string of the molecule is COc1cc(CNC(=O)c2ccc3c(c2)C(=O)/C(=C/c2ccc(Cl)cc2)C(=O)N3C)ccn1. The molecule has 3 aromatic rings. The molecule has 8 heteroatoms. The molecule has 2 amide bonds. The first-order valence-electron chi connectivity index (χ1n) is 10.1. The Balaban J connectivity index is 1.59. The third-order valence-corrected chi connectivity index (χ3v) is 5.54. The van der Waals surface area contributed by atoms with Crippen LogP contribution < -0.4 is 15.0 Å². The second kappa shape index (κ2) is 9.26. The van der Waals surface area contributed by atoms with E-state index in [2.05, 4.69) is 10.3 Å². The van der Waals surface area contributed by atoms with Crippen molar-refractivity contribution in [1.29, 1.82) is 0 Å². The predicted octanol–water partition coefficient (Wildman–Crippen LogP) is 3.92. The Labute approximate surface area is 195 Å². The van der Waals surface area contributed by atoms with Gasteiger partial charge in [0.1, 0.15) is 0 Å². The first-order chi connectivity index (χ1) is 15.9. The third-order valence-electron chi connectivity index (χ3n) is 5.29. The van der Waals surface area contributed by atoms with Crippen molar-refractivity contribution in [2.75, 3.05) is 19.1 Å². The van der Waals surface area contributed by atoms with E-state index in [9.17, 15) is 14.4 Å². The highest BCUT2D eigenvalue weighted by molar-refractivity contribution is 6.36. The number of aromatic nitrogens is 1. The van der Waals surface area contributed by atoms with Crippen LogP contribution in [0.5, 0.6) is 5.88 Å². The topological polar surface area (TPSA) is 88.6 Å². The van der Waals surface area contributed by atoms with E-state index in [1.165, 1.54) is 24.2 Å². The van der Waals surface area contributed by atoms with Gasteiger partial charge in [0.2, 0.25) is 11.7 Å². The Kier molecular flexibility index (Phi) is 6.24. The molecular formula is C25H20ClN3O4. The van der Waals surface area contributed by atoms with Crippen LogP contribution in [0.15, 0.2) is 66.4 Å². The third kappa shape index (κ3) is 4.63. The van der Waals surface area contributed by atoms with Gasteiger partial charge in [0, 0.05) is 42.0 Å². The summed E-state index contributed by atoms with van der Waals surface area (Å²) >= 11 is 5.92. The number of methoxy groups -OCH3 is 1. The summed E-state index contributed by atoms with van der Waals surface area (Å²) in [6.07, 6.45) is 3.13. The van der Waals surface area contributed by atoms with E-state index in [1.54, 1.807) is 61.8 Å². The van der Waals surface area contributed by atoms with Gasteiger partial charge in [-0.1, -0.05) is 23.7 Å². The minimum absolute atomic E-state index is 0.0220. The maximum Gasteiger partial charge on any atom is 0.262 e. The molecule has 166 valence electrons. The van der Waals surface area contributed by atoms with Crippen molar-refractivity contribution in [3.05, 3.63) is 93.6 Å². The molecule has 1 aromatic heterocycles. The highest BCUT2D eigenvalue weighted by Crippen LogP contribution is 2.31. The summed E-state index contributed by atoms with van der Waals surface area (Å²) in [5, 5.41) is 3.38. The van der Waals surface area contributed by atoms with Crippen LogP contribution in [0.4, 0.5) is 5.69 Å². The average Bonchev–Trinajstić information content (AvgIpc) is 2.84. The first-order valence-corrected chi connectivity index (χ1v) is 10.5. The molecule has 0 unspecified atom stereocenters. The standard InChI is InChI=1S/C25H20ClN3O4/c1-29-21-8-5-17(24(31)28-14-16-9-10-27-22(12-16)33-2)13-19(21)23(30)20(25(29)32)11-15-3-6-18(26)7-4-15/h3-13H,14H2,1-2H3,(H,28,31)/b20-11-. The van der Waals surface area contributed by atoms with Gasteiger partial charge < -0.3 is 15.0 Å². The number of benzene rings is 2. The van der Waals surface area contributed by atoms with Crippen molar-refractivity contribution in [3.63, 3.8) is 0 Å². The molecular weight excluding hydrogens is 442 g/mol. The van der Waals surface area contributed by atoms with Crippen LogP contribution in [0.2, 0.25) is 5.02 Å². The molecule has 0 saturated carbocycles. The molecule has 0 atom stereocenters. The highest BCUT2D eigenvalue weighted by atomic mass is 35.5. The Hall–Kier alpha value is -3.97. The number of carbonyl (C=O) groups is 3. The lowest BCUT2D eigenvalue weighted by Gasteiger charge is -2.27. The zero-order valence-corrected chi connectivity index (χ0v) is 18.7. The molecule has 0 spiro atoms. The van der Waals surface area contributed by atoms with Crippen molar-refractivity contribution in [2.45, 2.75) is 6.54 Å². The predicted molar refractivity (Wildman–Crippen MR) is 126 cm³/mol. The fourth-order valence-corrected chi connectivity index (χ4v) is 3.62. The first kappa shape index (κ1) is 22.2. The fraction of sp³-hybridized carbons (Fsp3) is 0.120. The second-order valence-electron chi connectivity index (χ2n) is 7.42. The molecule has 2 heterocycles. The van der Waals surface area contributed by atoms with Gasteiger partial charge in [0.15, 0.2) is 0 Å². The minimum Gasteiger partial charge on any atom is -0.481 e. The molecule has 1 aliphatic heterocycles. The van der Waals surface area contributed by atoms with Crippen LogP contribution in [0.1, 0.15) is 31.8 Å². The number of ether oxygens (including phenoxy) is 1. The summed E-state index contributed by atoms with van der Waals surface area (Å²) < 4.78 is 5.09. The summed E-state index contributed by atoms with van der Waals surface area (Å²) in [4.78, 5) is 44.2. The van der Waals surface area contributed by atoms with E-state index in [-0.39, 0.29) is 23.6 Å². The van der Waals surface area contributed by atoms with Crippen LogP contribution in [-0.4, -0.2) is 36.7 Å². The maximum absolute atomic E-state index is 13.2. The highest BCUT2D eigenvalue weighted by Gasteiger charge is 2.33. The molecule has 2 aromatic carbocycles. The van der Waals surface area contributed by atoms with Crippen LogP contribution in [0.3, 0.4) is 0 Å². The van der Waals surface area contributed by atoms with Gasteiger partial charge in [-0.3, -0.25) is 14.4 Å². The number of likely N-dealkylation sites (N-methyl/N-ethyl adjacent to an activating group) is 1. The molecule has 1 aliphatic rings. The molecule has 7 nitrogen and oxygen atoms in total. The number of hydrogen-bond donors (Lipinski definition) is 1. The summed E-state index contributed by atoms with van der Waals surface area (Å²) in [6.45, 7) is 0.267. The fourth-order valence-electron chi connectivity index (χ4n) is 3.49. The van der Waals surface area contributed by atoms with Gasteiger partial charge in [-0.2, -0.15) is 0 Å². The number of amides is 2. The normalized spacial score (nSPS) is 14.3. The number of nitrogens with zero attached hydrogens (tertiary/aromatic N) is 2. The summed E-state index contributed by atoms with van der Waals surface area (Å²) in [6, 6.07) is 15.0. The minimum atomic E-state index is -0.434. The van der Waals surface area contributed by atoms with E-state index < -0.39 is 11.7 Å². The number of nitrogens with one attached hydrogen (secondary N) is 1. The van der Waals surface area contributed by atoms with Crippen LogP contribution >= 0.6 is 11.6 Å². The van der Waals surface area contributed by atoms with Gasteiger partial charge in [-0.05, 0) is 53.6 Å². The smallest absolute Gasteiger partial charge is 0.262 e. The number of ketones is 1. The summed E-state index contributed by atoms with van der Waals surface area (Å²) in [5.41, 5.74) is 2.58. The second-order valence-corrected chi connectivity index (χ2v) is 7.86. The number of pyridine rings is 1. The van der Waals surface area contributed by atoms with Gasteiger partial charge in [0.25, 0.3) is 11.8 Å². The van der Waals surface area contributed by atoms with Crippen LogP contribution in [0.25, 0.3) is 6.08 Å². The lowest BCUT2D eigenvalue weighted by atomic mass is 9.92. The van der Waals surface area contributed by atoms with Crippen LogP contribution in [-0.2, 0) is 11.3 Å². The molecule has 33 heavy (non-hydrogen) atoms. The van der Waals surface area contributed by atoms with Crippen molar-refractivity contribution >= 4 is 41.0 Å².